The number of nitrogens with zero attached hydrogens (tertiary/aromatic N) is 1. The average molecular weight is 337 g/mol. The van der Waals surface area contributed by atoms with Gasteiger partial charge in [-0.05, 0) is 37.3 Å². The smallest absolute Gasteiger partial charge is 0.286 e. The Kier molecular flexibility index (Phi) is 3.80. The van der Waals surface area contributed by atoms with E-state index in [1.165, 1.54) is 11.8 Å². The summed E-state index contributed by atoms with van der Waals surface area (Å²) in [5.74, 6) is 0.360. The summed E-state index contributed by atoms with van der Waals surface area (Å²) >= 11 is 0. The molecule has 1 aliphatic heterocycles. The zero-order chi connectivity index (χ0) is 17.4. The zero-order valence-electron chi connectivity index (χ0n) is 13.9. The summed E-state index contributed by atoms with van der Waals surface area (Å²) in [6, 6.07) is 11.3. The van der Waals surface area contributed by atoms with Crippen molar-refractivity contribution in [3.05, 3.63) is 59.7 Å². The van der Waals surface area contributed by atoms with Gasteiger partial charge in [0, 0.05) is 36.5 Å². The Hall–Kier alpha value is -3.02. The molecular formula is C19H19N3O3. The molecule has 1 saturated heterocycles. The molecule has 1 aromatic carbocycles. The molecule has 1 fully saturated rings. The number of amides is 2. The van der Waals surface area contributed by atoms with Crippen LogP contribution in [0.15, 0.2) is 47.1 Å². The highest BCUT2D eigenvalue weighted by molar-refractivity contribution is 5.98. The summed E-state index contributed by atoms with van der Waals surface area (Å²) in [4.78, 5) is 29.3. The van der Waals surface area contributed by atoms with Gasteiger partial charge >= 0.3 is 0 Å². The van der Waals surface area contributed by atoms with Crippen LogP contribution < -0.4 is 5.32 Å². The fraction of sp³-hybridized carbons (Fsp3) is 0.263. The lowest BCUT2D eigenvalue weighted by Gasteiger charge is -2.39. The van der Waals surface area contributed by atoms with Gasteiger partial charge < -0.3 is 19.6 Å². The van der Waals surface area contributed by atoms with Crippen LogP contribution in [0.5, 0.6) is 0 Å². The number of fused-ring (bicyclic) bond motifs is 1. The fourth-order valence-corrected chi connectivity index (χ4v) is 3.13. The van der Waals surface area contributed by atoms with Gasteiger partial charge in [-0.1, -0.05) is 11.6 Å². The Bertz CT molecular complexity index is 921. The molecule has 2 N–H and O–H groups in total. The predicted molar refractivity (Wildman–Crippen MR) is 93.5 cm³/mol. The maximum atomic E-state index is 12.5. The summed E-state index contributed by atoms with van der Waals surface area (Å²) in [7, 11) is 0. The molecule has 3 aromatic rings. The van der Waals surface area contributed by atoms with Crippen molar-refractivity contribution in [1.82, 2.24) is 15.2 Å². The van der Waals surface area contributed by atoms with Crippen LogP contribution in [0, 0.1) is 12.8 Å². The molecule has 0 saturated carbocycles. The molecule has 0 aliphatic carbocycles. The number of furan rings is 1. The van der Waals surface area contributed by atoms with Crippen molar-refractivity contribution < 1.29 is 14.0 Å². The third kappa shape index (κ3) is 3.03. The summed E-state index contributed by atoms with van der Waals surface area (Å²) in [6.45, 7) is 3.86. The highest BCUT2D eigenvalue weighted by Crippen LogP contribution is 2.22. The lowest BCUT2D eigenvalue weighted by atomic mass is 9.99. The normalized spacial score (nSPS) is 14.5. The van der Waals surface area contributed by atoms with Gasteiger partial charge in [0.15, 0.2) is 5.76 Å². The molecule has 2 amide bonds. The third-order valence-corrected chi connectivity index (χ3v) is 4.55. The Morgan fingerprint density at radius 3 is 2.88 bits per heavy atom. The summed E-state index contributed by atoms with van der Waals surface area (Å²) in [5.41, 5.74) is 2.75. The summed E-state index contributed by atoms with van der Waals surface area (Å²) < 4.78 is 5.05. The van der Waals surface area contributed by atoms with Gasteiger partial charge in [-0.15, -0.1) is 0 Å². The molecular weight excluding hydrogens is 318 g/mol. The number of carbonyl (C=O) groups is 2. The van der Waals surface area contributed by atoms with Crippen LogP contribution in [0.3, 0.4) is 0 Å². The first kappa shape index (κ1) is 15.5. The highest BCUT2D eigenvalue weighted by atomic mass is 16.3. The SMILES string of the molecule is Cc1ccc2[nH]c(C(=O)N3CC(CNC(=O)c4ccco4)C3)cc2c1. The van der Waals surface area contributed by atoms with Gasteiger partial charge in [0.1, 0.15) is 5.69 Å². The molecule has 6 heteroatoms. The molecule has 0 bridgehead atoms. The van der Waals surface area contributed by atoms with Gasteiger partial charge in [0.25, 0.3) is 11.8 Å². The summed E-state index contributed by atoms with van der Waals surface area (Å²) in [5, 5.41) is 3.88. The number of aryl methyl sites for hydroxylation is 1. The minimum atomic E-state index is -0.222. The fourth-order valence-electron chi connectivity index (χ4n) is 3.13. The molecule has 3 heterocycles. The van der Waals surface area contributed by atoms with Gasteiger partial charge in [0.2, 0.25) is 0 Å². The van der Waals surface area contributed by atoms with E-state index in [2.05, 4.69) is 16.4 Å². The maximum Gasteiger partial charge on any atom is 0.286 e. The molecule has 6 nitrogen and oxygen atoms in total. The molecule has 4 rings (SSSR count). The standard InChI is InChI=1S/C19H19N3O3/c1-12-4-5-15-14(7-12)8-16(21-15)19(24)22-10-13(11-22)9-20-18(23)17-3-2-6-25-17/h2-8,13,21H,9-11H2,1H3,(H,20,23). The van der Waals surface area contributed by atoms with Crippen LogP contribution in [0.25, 0.3) is 10.9 Å². The largest absolute Gasteiger partial charge is 0.459 e. The van der Waals surface area contributed by atoms with E-state index in [4.69, 9.17) is 4.42 Å². The molecule has 25 heavy (non-hydrogen) atoms. The van der Waals surface area contributed by atoms with Crippen molar-refractivity contribution in [1.29, 1.82) is 0 Å². The Balaban J connectivity index is 1.32. The van der Waals surface area contributed by atoms with E-state index in [-0.39, 0.29) is 17.7 Å². The molecule has 2 aromatic heterocycles. The van der Waals surface area contributed by atoms with Crippen LogP contribution in [-0.4, -0.2) is 41.3 Å². The van der Waals surface area contributed by atoms with E-state index in [0.29, 0.717) is 31.1 Å². The monoisotopic (exact) mass is 337 g/mol. The number of H-pyrrole nitrogens is 1. The van der Waals surface area contributed by atoms with Gasteiger partial charge in [-0.2, -0.15) is 0 Å². The second-order valence-corrected chi connectivity index (χ2v) is 6.54. The molecule has 0 radical (unpaired) electrons. The number of carbonyl (C=O) groups excluding carboxylic acids is 2. The predicted octanol–water partition coefficient (Wildman–Crippen LogP) is 2.57. The first-order chi connectivity index (χ1) is 12.1. The number of benzene rings is 1. The number of aromatic nitrogens is 1. The van der Waals surface area contributed by atoms with Crippen LogP contribution in [-0.2, 0) is 0 Å². The van der Waals surface area contributed by atoms with Crippen molar-refractivity contribution in [3.8, 4) is 0 Å². The van der Waals surface area contributed by atoms with E-state index in [1.807, 2.05) is 25.1 Å². The van der Waals surface area contributed by atoms with Crippen molar-refractivity contribution in [2.75, 3.05) is 19.6 Å². The van der Waals surface area contributed by atoms with Crippen molar-refractivity contribution >= 4 is 22.7 Å². The Labute approximate surface area is 144 Å². The van der Waals surface area contributed by atoms with Crippen LogP contribution >= 0.6 is 0 Å². The first-order valence-electron chi connectivity index (χ1n) is 8.30. The van der Waals surface area contributed by atoms with Crippen molar-refractivity contribution in [3.63, 3.8) is 0 Å². The minimum Gasteiger partial charge on any atom is -0.459 e. The Morgan fingerprint density at radius 2 is 2.12 bits per heavy atom. The maximum absolute atomic E-state index is 12.5. The van der Waals surface area contributed by atoms with Gasteiger partial charge in [0.05, 0.1) is 6.26 Å². The molecule has 1 aliphatic rings. The van der Waals surface area contributed by atoms with Gasteiger partial charge in [-0.25, -0.2) is 0 Å². The highest BCUT2D eigenvalue weighted by Gasteiger charge is 2.32. The number of likely N-dealkylation sites (tertiary alicyclic amines) is 1. The van der Waals surface area contributed by atoms with Crippen LogP contribution in [0.1, 0.15) is 26.6 Å². The molecule has 0 unspecified atom stereocenters. The topological polar surface area (TPSA) is 78.3 Å². The van der Waals surface area contributed by atoms with E-state index in [0.717, 1.165) is 10.9 Å². The average Bonchev–Trinajstić information content (AvgIpc) is 3.21. The zero-order valence-corrected chi connectivity index (χ0v) is 13.9. The quantitative estimate of drug-likeness (QED) is 0.768. The molecule has 0 spiro atoms. The van der Waals surface area contributed by atoms with Gasteiger partial charge in [-0.3, -0.25) is 9.59 Å². The summed E-state index contributed by atoms with van der Waals surface area (Å²) in [6.07, 6.45) is 1.47. The number of rotatable bonds is 4. The van der Waals surface area contributed by atoms with E-state index >= 15 is 0 Å². The number of aromatic amines is 1. The molecule has 0 atom stereocenters. The number of hydrogen-bond donors (Lipinski definition) is 2. The van der Waals surface area contributed by atoms with E-state index in [1.54, 1.807) is 17.0 Å². The van der Waals surface area contributed by atoms with E-state index < -0.39 is 0 Å². The second-order valence-electron chi connectivity index (χ2n) is 6.54. The van der Waals surface area contributed by atoms with Crippen molar-refractivity contribution in [2.24, 2.45) is 5.92 Å². The van der Waals surface area contributed by atoms with Crippen LogP contribution in [0.2, 0.25) is 0 Å². The lowest BCUT2D eigenvalue weighted by Crippen LogP contribution is -2.53. The minimum absolute atomic E-state index is 0.00228. The second kappa shape index (κ2) is 6.12. The lowest BCUT2D eigenvalue weighted by molar-refractivity contribution is 0.0492. The third-order valence-electron chi connectivity index (χ3n) is 4.55. The Morgan fingerprint density at radius 1 is 1.28 bits per heavy atom. The van der Waals surface area contributed by atoms with E-state index in [9.17, 15) is 9.59 Å². The first-order valence-corrected chi connectivity index (χ1v) is 8.30. The molecule has 128 valence electrons. The van der Waals surface area contributed by atoms with Crippen LogP contribution in [0.4, 0.5) is 0 Å². The number of nitrogens with one attached hydrogen (secondary N) is 2. The number of hydrogen-bond acceptors (Lipinski definition) is 3. The van der Waals surface area contributed by atoms with Crippen molar-refractivity contribution in [2.45, 2.75) is 6.92 Å².